The lowest BCUT2D eigenvalue weighted by atomic mass is 10.1. The van der Waals surface area contributed by atoms with Crippen molar-refractivity contribution < 1.29 is 19.8 Å². The molecule has 0 aliphatic heterocycles. The summed E-state index contributed by atoms with van der Waals surface area (Å²) in [5, 5.41) is 21.5. The molecule has 2 aromatic rings. The summed E-state index contributed by atoms with van der Waals surface area (Å²) in [4.78, 5) is 23.5. The zero-order valence-corrected chi connectivity index (χ0v) is 11.7. The van der Waals surface area contributed by atoms with E-state index in [0.29, 0.717) is 5.56 Å². The van der Waals surface area contributed by atoms with E-state index in [9.17, 15) is 19.8 Å². The molecular weight excluding hydrogens is 270 g/mol. The Hall–Kier alpha value is -2.82. The van der Waals surface area contributed by atoms with E-state index >= 15 is 0 Å². The number of hydrogen-bond acceptors (Lipinski definition) is 3. The van der Waals surface area contributed by atoms with E-state index < -0.39 is 11.9 Å². The highest BCUT2D eigenvalue weighted by Gasteiger charge is 2.17. The van der Waals surface area contributed by atoms with Gasteiger partial charge < -0.3 is 15.5 Å². The number of benzene rings is 2. The quantitative estimate of drug-likeness (QED) is 0.809. The molecule has 0 aliphatic rings. The van der Waals surface area contributed by atoms with E-state index in [1.165, 1.54) is 12.1 Å². The van der Waals surface area contributed by atoms with Crippen LogP contribution >= 0.6 is 0 Å². The minimum absolute atomic E-state index is 0.00972. The summed E-state index contributed by atoms with van der Waals surface area (Å²) in [6, 6.07) is 9.39. The SMILES string of the molecule is Cc1ccc(O)c(C(=O)Nc2c(C)cccc2C(=O)O)c1. The fraction of sp³-hybridized carbons (Fsp3) is 0.125. The molecule has 0 heterocycles. The van der Waals surface area contributed by atoms with Crippen molar-refractivity contribution in [3.8, 4) is 5.75 Å². The van der Waals surface area contributed by atoms with Crippen molar-refractivity contribution in [1.82, 2.24) is 0 Å². The molecule has 2 aromatic carbocycles. The van der Waals surface area contributed by atoms with Crippen LogP contribution in [0.4, 0.5) is 5.69 Å². The molecule has 108 valence electrons. The summed E-state index contributed by atoms with van der Waals surface area (Å²) in [6.45, 7) is 3.50. The van der Waals surface area contributed by atoms with Crippen LogP contribution in [0.1, 0.15) is 31.8 Å². The van der Waals surface area contributed by atoms with Gasteiger partial charge in [-0.3, -0.25) is 4.79 Å². The number of aromatic hydroxyl groups is 1. The first kappa shape index (κ1) is 14.6. The molecule has 0 aliphatic carbocycles. The average Bonchev–Trinajstić information content (AvgIpc) is 2.43. The Kier molecular flexibility index (Phi) is 3.93. The molecule has 5 nitrogen and oxygen atoms in total. The first-order valence-electron chi connectivity index (χ1n) is 6.34. The number of carbonyl (C=O) groups excluding carboxylic acids is 1. The van der Waals surface area contributed by atoms with Crippen molar-refractivity contribution in [2.45, 2.75) is 13.8 Å². The summed E-state index contributed by atoms with van der Waals surface area (Å²) >= 11 is 0. The minimum Gasteiger partial charge on any atom is -0.507 e. The second-order valence-electron chi connectivity index (χ2n) is 4.78. The maximum absolute atomic E-state index is 12.3. The van der Waals surface area contributed by atoms with Gasteiger partial charge in [0, 0.05) is 0 Å². The van der Waals surface area contributed by atoms with E-state index in [4.69, 9.17) is 0 Å². The number of nitrogens with one attached hydrogen (secondary N) is 1. The van der Waals surface area contributed by atoms with E-state index in [2.05, 4.69) is 5.32 Å². The van der Waals surface area contributed by atoms with E-state index in [1.54, 1.807) is 38.1 Å². The third-order valence-electron chi connectivity index (χ3n) is 3.14. The average molecular weight is 285 g/mol. The van der Waals surface area contributed by atoms with Gasteiger partial charge in [0.25, 0.3) is 5.91 Å². The third-order valence-corrected chi connectivity index (χ3v) is 3.14. The van der Waals surface area contributed by atoms with Crippen LogP contribution < -0.4 is 5.32 Å². The smallest absolute Gasteiger partial charge is 0.337 e. The number of phenols is 1. The molecule has 21 heavy (non-hydrogen) atoms. The number of carboxylic acid groups (broad SMARTS) is 1. The van der Waals surface area contributed by atoms with Gasteiger partial charge in [0.15, 0.2) is 0 Å². The lowest BCUT2D eigenvalue weighted by molar-refractivity contribution is 0.0698. The number of carboxylic acids is 1. The van der Waals surface area contributed by atoms with Gasteiger partial charge >= 0.3 is 5.97 Å². The van der Waals surface area contributed by atoms with Gasteiger partial charge in [-0.15, -0.1) is 0 Å². The lowest BCUT2D eigenvalue weighted by Crippen LogP contribution is -2.16. The van der Waals surface area contributed by atoms with Crippen LogP contribution in [-0.4, -0.2) is 22.1 Å². The van der Waals surface area contributed by atoms with Gasteiger partial charge in [-0.05, 0) is 37.6 Å². The van der Waals surface area contributed by atoms with Crippen LogP contribution in [0, 0.1) is 13.8 Å². The highest BCUT2D eigenvalue weighted by atomic mass is 16.4. The molecule has 0 unspecified atom stereocenters. The van der Waals surface area contributed by atoms with E-state index in [1.807, 2.05) is 0 Å². The topological polar surface area (TPSA) is 86.6 Å². The highest BCUT2D eigenvalue weighted by molar-refractivity contribution is 6.09. The molecule has 0 radical (unpaired) electrons. The number of aromatic carboxylic acids is 1. The Labute approximate surface area is 121 Å². The van der Waals surface area contributed by atoms with Crippen LogP contribution in [0.2, 0.25) is 0 Å². The molecule has 1 amide bonds. The first-order chi connectivity index (χ1) is 9.90. The summed E-state index contributed by atoms with van der Waals surface area (Å²) in [5.74, 6) is -1.82. The minimum atomic E-state index is -1.12. The highest BCUT2D eigenvalue weighted by Crippen LogP contribution is 2.24. The second kappa shape index (κ2) is 5.66. The number of para-hydroxylation sites is 1. The fourth-order valence-corrected chi connectivity index (χ4v) is 2.02. The molecule has 0 saturated carbocycles. The molecule has 0 atom stereocenters. The first-order valence-corrected chi connectivity index (χ1v) is 6.34. The van der Waals surface area contributed by atoms with Crippen LogP contribution in [-0.2, 0) is 0 Å². The van der Waals surface area contributed by atoms with Gasteiger partial charge in [0.05, 0.1) is 16.8 Å². The van der Waals surface area contributed by atoms with Crippen molar-refractivity contribution in [1.29, 1.82) is 0 Å². The van der Waals surface area contributed by atoms with Gasteiger partial charge in [-0.1, -0.05) is 23.8 Å². The number of aryl methyl sites for hydroxylation is 2. The summed E-state index contributed by atoms with van der Waals surface area (Å²) in [6.07, 6.45) is 0. The maximum atomic E-state index is 12.3. The lowest BCUT2D eigenvalue weighted by Gasteiger charge is -2.12. The normalized spacial score (nSPS) is 10.2. The fourth-order valence-electron chi connectivity index (χ4n) is 2.02. The van der Waals surface area contributed by atoms with E-state index in [0.717, 1.165) is 5.56 Å². The van der Waals surface area contributed by atoms with Crippen molar-refractivity contribution in [2.75, 3.05) is 5.32 Å². The molecule has 0 bridgehead atoms. The Balaban J connectivity index is 2.41. The second-order valence-corrected chi connectivity index (χ2v) is 4.78. The molecule has 0 saturated heterocycles. The molecule has 2 rings (SSSR count). The van der Waals surface area contributed by atoms with Crippen molar-refractivity contribution in [3.05, 3.63) is 58.7 Å². The number of hydrogen-bond donors (Lipinski definition) is 3. The van der Waals surface area contributed by atoms with E-state index in [-0.39, 0.29) is 22.6 Å². The number of amides is 1. The maximum Gasteiger partial charge on any atom is 0.337 e. The molecule has 5 heteroatoms. The molecular formula is C16H15NO4. The van der Waals surface area contributed by atoms with Gasteiger partial charge in [0.2, 0.25) is 0 Å². The predicted octanol–water partition coefficient (Wildman–Crippen LogP) is 2.96. The molecule has 0 spiro atoms. The van der Waals surface area contributed by atoms with Gasteiger partial charge in [0.1, 0.15) is 5.75 Å². The Bertz CT molecular complexity index is 722. The van der Waals surface area contributed by atoms with Gasteiger partial charge in [-0.25, -0.2) is 4.79 Å². The van der Waals surface area contributed by atoms with Crippen LogP contribution in [0.3, 0.4) is 0 Å². The Morgan fingerprint density at radius 1 is 1.05 bits per heavy atom. The van der Waals surface area contributed by atoms with Crippen LogP contribution in [0.5, 0.6) is 5.75 Å². The van der Waals surface area contributed by atoms with Gasteiger partial charge in [-0.2, -0.15) is 0 Å². The zero-order valence-electron chi connectivity index (χ0n) is 11.7. The van der Waals surface area contributed by atoms with Crippen LogP contribution in [0.25, 0.3) is 0 Å². The van der Waals surface area contributed by atoms with Crippen LogP contribution in [0.15, 0.2) is 36.4 Å². The number of rotatable bonds is 3. The molecule has 3 N–H and O–H groups in total. The summed E-state index contributed by atoms with van der Waals surface area (Å²) < 4.78 is 0. The monoisotopic (exact) mass is 285 g/mol. The molecule has 0 aromatic heterocycles. The summed E-state index contributed by atoms with van der Waals surface area (Å²) in [7, 11) is 0. The molecule has 0 fully saturated rings. The Morgan fingerprint density at radius 3 is 2.43 bits per heavy atom. The van der Waals surface area contributed by atoms with Crippen molar-refractivity contribution >= 4 is 17.6 Å². The standard InChI is InChI=1S/C16H15NO4/c1-9-6-7-13(18)12(8-9)15(19)17-14-10(2)4-3-5-11(14)16(20)21/h3-8,18H,1-2H3,(H,17,19)(H,20,21). The third kappa shape index (κ3) is 3.02. The zero-order chi connectivity index (χ0) is 15.6. The summed E-state index contributed by atoms with van der Waals surface area (Å²) in [5.41, 5.74) is 1.80. The number of anilines is 1. The number of phenolic OH excluding ortho intramolecular Hbond substituents is 1. The van der Waals surface area contributed by atoms with Crippen molar-refractivity contribution in [2.24, 2.45) is 0 Å². The predicted molar refractivity (Wildman–Crippen MR) is 78.9 cm³/mol. The largest absolute Gasteiger partial charge is 0.507 e. The Morgan fingerprint density at radius 2 is 1.76 bits per heavy atom. The van der Waals surface area contributed by atoms with Crippen molar-refractivity contribution in [3.63, 3.8) is 0 Å². The number of carbonyl (C=O) groups is 2.